The van der Waals surface area contributed by atoms with Crippen molar-refractivity contribution in [1.82, 2.24) is 0 Å². The predicted octanol–water partition coefficient (Wildman–Crippen LogP) is 17.5. The van der Waals surface area contributed by atoms with Gasteiger partial charge in [0.25, 0.3) is 0 Å². The summed E-state index contributed by atoms with van der Waals surface area (Å²) in [6.07, 6.45) is 0. The topological polar surface area (TPSA) is 29.5 Å². The molecule has 2 aromatic heterocycles. The van der Waals surface area contributed by atoms with Crippen molar-refractivity contribution in [2.45, 2.75) is 0 Å². The fraction of sp³-hybridized carbons (Fsp3) is 0. The van der Waals surface area contributed by atoms with Crippen LogP contribution < -0.4 is 4.90 Å². The van der Waals surface area contributed by atoms with Gasteiger partial charge in [-0.2, -0.15) is 0 Å². The van der Waals surface area contributed by atoms with Gasteiger partial charge in [0.2, 0.25) is 0 Å². The average molecular weight is 804 g/mol. The minimum atomic E-state index is 0.848. The Kier molecular flexibility index (Phi) is 7.91. The highest BCUT2D eigenvalue weighted by Crippen LogP contribution is 2.46. The zero-order valence-electron chi connectivity index (χ0n) is 34.1. The average Bonchev–Trinajstić information content (AvgIpc) is 3.93. The Morgan fingerprint density at radius 2 is 0.714 bits per heavy atom. The SMILES string of the molecule is c1ccc(-c2ccc(N(c3ccc4c5ccccc5c5ccccc5c5ccccc5c5c(ccc6c7ccccc7oc65)c4c3)c3cccc4oc5ccccc5c34)cc2)cc1. The van der Waals surface area contributed by atoms with Crippen LogP contribution >= 0.6 is 0 Å². The molecule has 0 spiro atoms. The Balaban J connectivity index is 1.22. The maximum atomic E-state index is 6.97. The van der Waals surface area contributed by atoms with E-state index in [0.29, 0.717) is 0 Å². The number of fused-ring (bicyclic) bond motifs is 17. The molecular formula is C60H37NO2. The standard InChI is InChI=1S/C60H37NO2/c1-2-15-38(16-3-1)39-29-31-40(32-30-39)61(54-25-14-28-57-59(54)52-24-11-13-27-56(52)62-57)41-33-34-47-45-20-7-5-18-43(45)42-17-4-6-19-44(42)46-21-8-9-23-49(46)58-50(53(47)37-41)35-36-51-48-22-10-12-26-55(48)63-60(51)58/h1-37H. The van der Waals surface area contributed by atoms with E-state index in [1.54, 1.807) is 0 Å². The molecule has 0 bridgehead atoms. The molecule has 294 valence electrons. The van der Waals surface area contributed by atoms with Crippen molar-refractivity contribution in [1.29, 1.82) is 0 Å². The van der Waals surface area contributed by atoms with Crippen molar-refractivity contribution >= 4 is 115 Å². The lowest BCUT2D eigenvalue weighted by Crippen LogP contribution is -2.10. The van der Waals surface area contributed by atoms with E-state index in [-0.39, 0.29) is 0 Å². The summed E-state index contributed by atoms with van der Waals surface area (Å²) in [7, 11) is 0. The molecule has 0 amide bonds. The third kappa shape index (κ3) is 5.53. The van der Waals surface area contributed by atoms with Gasteiger partial charge < -0.3 is 13.7 Å². The summed E-state index contributed by atoms with van der Waals surface area (Å²) in [4.78, 5) is 2.40. The van der Waals surface area contributed by atoms with Gasteiger partial charge in [-0.3, -0.25) is 0 Å². The number of rotatable bonds is 4. The third-order valence-corrected chi connectivity index (χ3v) is 12.9. The third-order valence-electron chi connectivity index (χ3n) is 12.9. The van der Waals surface area contributed by atoms with Gasteiger partial charge in [0, 0.05) is 32.9 Å². The van der Waals surface area contributed by atoms with Gasteiger partial charge in [-0.15, -0.1) is 0 Å². The predicted molar refractivity (Wildman–Crippen MR) is 266 cm³/mol. The molecule has 0 aliphatic rings. The van der Waals surface area contributed by atoms with E-state index in [1.807, 2.05) is 6.07 Å². The van der Waals surface area contributed by atoms with Crippen LogP contribution in [-0.4, -0.2) is 0 Å². The van der Waals surface area contributed by atoms with E-state index in [4.69, 9.17) is 8.83 Å². The summed E-state index contributed by atoms with van der Waals surface area (Å²) >= 11 is 0. The molecule has 0 aliphatic carbocycles. The summed E-state index contributed by atoms with van der Waals surface area (Å²) in [5.41, 5.74) is 8.92. The van der Waals surface area contributed by atoms with E-state index < -0.39 is 0 Å². The lowest BCUT2D eigenvalue weighted by molar-refractivity contribution is 0.669. The number of benzene rings is 10. The molecule has 3 nitrogen and oxygen atoms in total. The van der Waals surface area contributed by atoms with Crippen LogP contribution in [-0.2, 0) is 0 Å². The minimum absolute atomic E-state index is 0.848. The van der Waals surface area contributed by atoms with Crippen LogP contribution in [0.2, 0.25) is 0 Å². The molecule has 0 atom stereocenters. The molecule has 0 N–H and O–H groups in total. The Bertz CT molecular complexity index is 4030. The molecule has 63 heavy (non-hydrogen) atoms. The second kappa shape index (κ2) is 14.1. The van der Waals surface area contributed by atoms with Gasteiger partial charge in [0.05, 0.1) is 11.1 Å². The molecule has 0 radical (unpaired) electrons. The van der Waals surface area contributed by atoms with Gasteiger partial charge in [0.15, 0.2) is 0 Å². The number of hydrogen-bond donors (Lipinski definition) is 0. The van der Waals surface area contributed by atoms with Gasteiger partial charge in [-0.25, -0.2) is 0 Å². The Morgan fingerprint density at radius 3 is 1.40 bits per heavy atom. The molecule has 0 saturated carbocycles. The molecule has 13 aromatic rings. The number of nitrogens with zero attached hydrogens (tertiary/aromatic N) is 1. The van der Waals surface area contributed by atoms with Crippen LogP contribution in [0.15, 0.2) is 233 Å². The van der Waals surface area contributed by atoms with Crippen molar-refractivity contribution in [3.8, 4) is 11.1 Å². The zero-order chi connectivity index (χ0) is 41.4. The lowest BCUT2D eigenvalue weighted by atomic mass is 9.93. The van der Waals surface area contributed by atoms with E-state index >= 15 is 0 Å². The van der Waals surface area contributed by atoms with Crippen LogP contribution in [0.4, 0.5) is 17.1 Å². The van der Waals surface area contributed by atoms with Crippen molar-refractivity contribution in [3.63, 3.8) is 0 Å². The molecule has 0 saturated heterocycles. The first-order valence-corrected chi connectivity index (χ1v) is 21.5. The van der Waals surface area contributed by atoms with E-state index in [9.17, 15) is 0 Å². The Morgan fingerprint density at radius 1 is 0.254 bits per heavy atom. The monoisotopic (exact) mass is 803 g/mol. The summed E-state index contributed by atoms with van der Waals surface area (Å²) in [6, 6.07) is 80.7. The second-order valence-electron chi connectivity index (χ2n) is 16.3. The summed E-state index contributed by atoms with van der Waals surface area (Å²) in [6.45, 7) is 0. The highest BCUT2D eigenvalue weighted by molar-refractivity contribution is 6.31. The van der Waals surface area contributed by atoms with Crippen molar-refractivity contribution in [2.75, 3.05) is 4.90 Å². The fourth-order valence-electron chi connectivity index (χ4n) is 10.1. The zero-order valence-corrected chi connectivity index (χ0v) is 34.1. The minimum Gasteiger partial charge on any atom is -0.456 e. The molecule has 0 aliphatic heterocycles. The number of para-hydroxylation sites is 2. The summed E-state index contributed by atoms with van der Waals surface area (Å²) in [5, 5.41) is 15.8. The quantitative estimate of drug-likeness (QED) is 0.177. The number of furan rings is 2. The number of hydrogen-bond acceptors (Lipinski definition) is 3. The highest BCUT2D eigenvalue weighted by Gasteiger charge is 2.21. The lowest BCUT2D eigenvalue weighted by Gasteiger charge is -2.27. The van der Waals surface area contributed by atoms with Crippen LogP contribution in [0, 0.1) is 0 Å². The highest BCUT2D eigenvalue weighted by atomic mass is 16.3. The first-order valence-electron chi connectivity index (χ1n) is 21.5. The fourth-order valence-corrected chi connectivity index (χ4v) is 10.1. The number of anilines is 3. The molecule has 0 fully saturated rings. The molecule has 13 rings (SSSR count). The smallest absolute Gasteiger partial charge is 0.143 e. The maximum Gasteiger partial charge on any atom is 0.143 e. The van der Waals surface area contributed by atoms with Gasteiger partial charge in [-0.1, -0.05) is 170 Å². The summed E-state index contributed by atoms with van der Waals surface area (Å²) < 4.78 is 13.5. The Labute approximate surface area is 362 Å². The van der Waals surface area contributed by atoms with Crippen molar-refractivity contribution in [2.24, 2.45) is 0 Å². The van der Waals surface area contributed by atoms with Crippen LogP contribution in [0.5, 0.6) is 0 Å². The van der Waals surface area contributed by atoms with Crippen LogP contribution in [0.3, 0.4) is 0 Å². The van der Waals surface area contributed by atoms with Crippen molar-refractivity contribution < 1.29 is 8.83 Å². The van der Waals surface area contributed by atoms with E-state index in [0.717, 1.165) is 98.8 Å². The second-order valence-corrected chi connectivity index (χ2v) is 16.3. The molecule has 0 unspecified atom stereocenters. The first-order chi connectivity index (χ1) is 31.3. The molecule has 2 heterocycles. The van der Waals surface area contributed by atoms with Gasteiger partial charge >= 0.3 is 0 Å². The van der Waals surface area contributed by atoms with Crippen molar-refractivity contribution in [3.05, 3.63) is 224 Å². The van der Waals surface area contributed by atoms with Gasteiger partial charge in [0.1, 0.15) is 22.3 Å². The summed E-state index contributed by atoms with van der Waals surface area (Å²) in [5.74, 6) is 0. The molecule has 11 aromatic carbocycles. The first kappa shape index (κ1) is 35.4. The Hall–Kier alpha value is -8.40. The molecule has 3 heteroatoms. The largest absolute Gasteiger partial charge is 0.456 e. The van der Waals surface area contributed by atoms with Gasteiger partial charge in [-0.05, 0) is 114 Å². The van der Waals surface area contributed by atoms with Crippen LogP contribution in [0.25, 0.3) is 109 Å². The molecular weight excluding hydrogens is 767 g/mol. The van der Waals surface area contributed by atoms with E-state index in [2.05, 4.69) is 223 Å². The van der Waals surface area contributed by atoms with E-state index in [1.165, 1.54) is 27.1 Å². The maximum absolute atomic E-state index is 6.97. The normalized spacial score (nSPS) is 11.8. The van der Waals surface area contributed by atoms with Crippen LogP contribution in [0.1, 0.15) is 0 Å².